The fourth-order valence-corrected chi connectivity index (χ4v) is 6.46. The predicted octanol–water partition coefficient (Wildman–Crippen LogP) is 3.56. The lowest BCUT2D eigenvalue weighted by Gasteiger charge is -2.35. The summed E-state index contributed by atoms with van der Waals surface area (Å²) in [5.41, 5.74) is 5.85. The first-order valence-electron chi connectivity index (χ1n) is 13.4. The minimum absolute atomic E-state index is 0.0283. The Morgan fingerprint density at radius 2 is 1.95 bits per heavy atom. The van der Waals surface area contributed by atoms with Crippen LogP contribution in [0.25, 0.3) is 10.4 Å². The van der Waals surface area contributed by atoms with Gasteiger partial charge in [0, 0.05) is 31.6 Å². The van der Waals surface area contributed by atoms with Crippen LogP contribution in [-0.2, 0) is 22.7 Å². The summed E-state index contributed by atoms with van der Waals surface area (Å²) in [5.74, 6) is -1.59. The molecule has 2 aliphatic rings. The number of aliphatic hydroxyl groups excluding tert-OH is 1. The molecule has 0 bridgehead atoms. The van der Waals surface area contributed by atoms with Gasteiger partial charge in [-0.25, -0.2) is 9.37 Å². The molecule has 210 valence electrons. The number of carbonyl (C=O) groups excluding carboxylic acids is 3. The zero-order valence-corrected chi connectivity index (χ0v) is 23.6. The number of nitrogens with one attached hydrogen (secondary N) is 1. The number of aliphatic hydroxyl groups is 1. The molecule has 10 heteroatoms. The number of thiazole rings is 1. The van der Waals surface area contributed by atoms with Crippen LogP contribution in [0.3, 0.4) is 0 Å². The first kappa shape index (κ1) is 28.1. The second kappa shape index (κ2) is 11.6. The molecule has 2 aromatic carbocycles. The Labute approximate surface area is 236 Å². The average molecular weight is 565 g/mol. The minimum Gasteiger partial charge on any atom is -0.391 e. The fraction of sp³-hybridized carbons (Fsp3) is 0.400. The van der Waals surface area contributed by atoms with Gasteiger partial charge in [0.1, 0.15) is 11.9 Å². The number of likely N-dealkylation sites (tertiary alicyclic amines) is 1. The molecule has 2 amide bonds. The van der Waals surface area contributed by atoms with Crippen molar-refractivity contribution in [2.24, 2.45) is 5.92 Å². The maximum absolute atomic E-state index is 13.8. The molecule has 2 aliphatic heterocycles. The lowest BCUT2D eigenvalue weighted by molar-refractivity contribution is -0.142. The number of aryl methyl sites for hydroxylation is 1. The highest BCUT2D eigenvalue weighted by atomic mass is 32.1. The largest absolute Gasteiger partial charge is 0.391 e. The Bertz CT molecular complexity index is 1420. The van der Waals surface area contributed by atoms with E-state index in [4.69, 9.17) is 0 Å². The first-order valence-corrected chi connectivity index (χ1v) is 14.3. The van der Waals surface area contributed by atoms with Gasteiger partial charge in [0.25, 0.3) is 5.91 Å². The number of hydrogen-bond donors (Lipinski definition) is 2. The highest BCUT2D eigenvalue weighted by Crippen LogP contribution is 2.31. The van der Waals surface area contributed by atoms with Crippen molar-refractivity contribution in [3.05, 3.63) is 76.2 Å². The van der Waals surface area contributed by atoms with E-state index in [1.807, 2.05) is 50.5 Å². The number of rotatable bonds is 9. The number of hydrogen-bond acceptors (Lipinski definition) is 7. The maximum atomic E-state index is 13.8. The van der Waals surface area contributed by atoms with Gasteiger partial charge in [0.05, 0.1) is 34.8 Å². The smallest absolute Gasteiger partial charge is 0.255 e. The quantitative estimate of drug-likeness (QED) is 0.412. The second-order valence-electron chi connectivity index (χ2n) is 10.9. The monoisotopic (exact) mass is 564 g/mol. The molecule has 3 heterocycles. The van der Waals surface area contributed by atoms with Crippen molar-refractivity contribution in [2.75, 3.05) is 13.1 Å². The van der Waals surface area contributed by atoms with Crippen molar-refractivity contribution in [1.82, 2.24) is 20.1 Å². The molecule has 1 aromatic heterocycles. The summed E-state index contributed by atoms with van der Waals surface area (Å²) in [6, 6.07) is 10.5. The Balaban J connectivity index is 1.23. The van der Waals surface area contributed by atoms with Crippen molar-refractivity contribution in [3.8, 4) is 10.4 Å². The third kappa shape index (κ3) is 5.56. The molecule has 5 rings (SSSR count). The predicted molar refractivity (Wildman–Crippen MR) is 150 cm³/mol. The molecular formula is C30H33FN4O4S. The van der Waals surface area contributed by atoms with Gasteiger partial charge in [0.2, 0.25) is 5.91 Å². The Hall–Kier alpha value is -3.47. The molecule has 2 N–H and O–H groups in total. The van der Waals surface area contributed by atoms with Crippen LogP contribution in [-0.4, -0.2) is 68.8 Å². The molecule has 0 saturated carbocycles. The van der Waals surface area contributed by atoms with Gasteiger partial charge in [0.15, 0.2) is 5.78 Å². The first-order chi connectivity index (χ1) is 19.1. The molecule has 1 fully saturated rings. The number of ketones is 1. The van der Waals surface area contributed by atoms with Crippen molar-refractivity contribution < 1.29 is 23.9 Å². The standard InChI is InChI=1S/C30H33FN4O4S/c1-17(2)27(35-14-21-10-22(31)8-9-24(21)29(35)38)30(39)34-15-23(36)11-25(34)26(37)13-32-12-19-4-6-20(7-5-19)28-18(3)33-16-40-28/h4-10,16-17,23,25,27,32,36H,11-15H2,1-3H3/t23-,25+,27+/m1/s1. The number of nitrogens with zero attached hydrogens (tertiary/aromatic N) is 3. The minimum atomic E-state index is -0.836. The summed E-state index contributed by atoms with van der Waals surface area (Å²) in [5, 5.41) is 13.6. The van der Waals surface area contributed by atoms with Crippen LogP contribution < -0.4 is 5.32 Å². The van der Waals surface area contributed by atoms with Gasteiger partial charge in [-0.05, 0) is 47.7 Å². The van der Waals surface area contributed by atoms with E-state index in [1.165, 1.54) is 28.0 Å². The number of halogens is 1. The highest BCUT2D eigenvalue weighted by molar-refractivity contribution is 7.13. The number of β-amino-alcohol motifs (C(OH)–C–C–N with tert-alkyl or cyclic N) is 1. The normalized spacial score (nSPS) is 19.4. The highest BCUT2D eigenvalue weighted by Gasteiger charge is 2.45. The van der Waals surface area contributed by atoms with E-state index in [9.17, 15) is 23.9 Å². The van der Waals surface area contributed by atoms with Crippen LogP contribution in [0.5, 0.6) is 0 Å². The topological polar surface area (TPSA) is 103 Å². The lowest BCUT2D eigenvalue weighted by atomic mass is 10.00. The number of Topliss-reactive ketones (excluding diaryl/α,β-unsaturated/α-hetero) is 1. The van der Waals surface area contributed by atoms with E-state index < -0.39 is 24.0 Å². The molecule has 40 heavy (non-hydrogen) atoms. The van der Waals surface area contributed by atoms with Gasteiger partial charge in [-0.3, -0.25) is 14.4 Å². The molecule has 0 unspecified atom stereocenters. The molecule has 3 aromatic rings. The summed E-state index contributed by atoms with van der Waals surface area (Å²) in [4.78, 5) is 48.5. The number of aromatic nitrogens is 1. The molecule has 1 saturated heterocycles. The fourth-order valence-electron chi connectivity index (χ4n) is 5.65. The van der Waals surface area contributed by atoms with Crippen LogP contribution in [0.15, 0.2) is 48.0 Å². The number of benzene rings is 2. The average Bonchev–Trinajstić information content (AvgIpc) is 3.61. The van der Waals surface area contributed by atoms with Crippen LogP contribution in [0.1, 0.15) is 47.4 Å². The molecular weight excluding hydrogens is 531 g/mol. The van der Waals surface area contributed by atoms with E-state index in [2.05, 4.69) is 10.3 Å². The van der Waals surface area contributed by atoms with Gasteiger partial charge < -0.3 is 20.2 Å². The molecule has 0 spiro atoms. The maximum Gasteiger partial charge on any atom is 0.255 e. The molecule has 3 atom stereocenters. The van der Waals surface area contributed by atoms with Crippen molar-refractivity contribution in [3.63, 3.8) is 0 Å². The Kier molecular flexibility index (Phi) is 8.11. The summed E-state index contributed by atoms with van der Waals surface area (Å²) in [6.07, 6.45) is -0.673. The molecule has 0 aliphatic carbocycles. The summed E-state index contributed by atoms with van der Waals surface area (Å²) < 4.78 is 13.8. The van der Waals surface area contributed by atoms with Crippen molar-refractivity contribution >= 4 is 28.9 Å². The van der Waals surface area contributed by atoms with Crippen molar-refractivity contribution in [1.29, 1.82) is 0 Å². The second-order valence-corrected chi connectivity index (χ2v) is 11.7. The third-order valence-electron chi connectivity index (χ3n) is 7.64. The molecule has 8 nitrogen and oxygen atoms in total. The van der Waals surface area contributed by atoms with E-state index >= 15 is 0 Å². The zero-order valence-electron chi connectivity index (χ0n) is 22.8. The third-order valence-corrected chi connectivity index (χ3v) is 8.62. The SMILES string of the molecule is Cc1ncsc1-c1ccc(CNCC(=O)[C@@H]2C[C@@H](O)CN2C(=O)[C@H](C(C)C)N2Cc3cc(F)ccc3C2=O)cc1. The zero-order chi connectivity index (χ0) is 28.6. The summed E-state index contributed by atoms with van der Waals surface area (Å²) in [7, 11) is 0. The van der Waals surface area contributed by atoms with Crippen LogP contribution >= 0.6 is 11.3 Å². The Morgan fingerprint density at radius 3 is 2.62 bits per heavy atom. The Morgan fingerprint density at radius 1 is 1.20 bits per heavy atom. The number of fused-ring (bicyclic) bond motifs is 1. The van der Waals surface area contributed by atoms with Crippen LogP contribution in [0.2, 0.25) is 0 Å². The van der Waals surface area contributed by atoms with Crippen LogP contribution in [0, 0.1) is 18.7 Å². The lowest BCUT2D eigenvalue weighted by Crippen LogP contribution is -2.54. The van der Waals surface area contributed by atoms with E-state index in [0.717, 1.165) is 21.7 Å². The van der Waals surface area contributed by atoms with Crippen molar-refractivity contribution in [2.45, 2.75) is 58.5 Å². The van der Waals surface area contributed by atoms with Gasteiger partial charge in [-0.15, -0.1) is 11.3 Å². The van der Waals surface area contributed by atoms with Gasteiger partial charge in [-0.2, -0.15) is 0 Å². The number of carbonyl (C=O) groups is 3. The van der Waals surface area contributed by atoms with Gasteiger partial charge in [-0.1, -0.05) is 38.1 Å². The van der Waals surface area contributed by atoms with E-state index in [0.29, 0.717) is 17.7 Å². The molecule has 0 radical (unpaired) electrons. The summed E-state index contributed by atoms with van der Waals surface area (Å²) in [6.45, 7) is 6.32. The van der Waals surface area contributed by atoms with E-state index in [-0.39, 0.29) is 49.6 Å². The summed E-state index contributed by atoms with van der Waals surface area (Å²) >= 11 is 1.60. The van der Waals surface area contributed by atoms with Gasteiger partial charge >= 0.3 is 0 Å². The van der Waals surface area contributed by atoms with E-state index in [1.54, 1.807) is 11.3 Å². The number of amides is 2. The van der Waals surface area contributed by atoms with Crippen LogP contribution in [0.4, 0.5) is 4.39 Å².